The SMILES string of the molecule is NNC(N)(N)O[N+](=O)[O-]. The zero-order valence-corrected chi connectivity index (χ0v) is 4.40. The van der Waals surface area contributed by atoms with E-state index in [4.69, 9.17) is 11.5 Å². The van der Waals surface area contributed by atoms with Crippen LogP contribution >= 0.6 is 0 Å². The Balaban J connectivity index is 3.71. The van der Waals surface area contributed by atoms with E-state index in [0.717, 1.165) is 0 Å². The van der Waals surface area contributed by atoms with Crippen LogP contribution in [0.2, 0.25) is 0 Å². The number of hydrogen-bond acceptors (Lipinski definition) is 7. The van der Waals surface area contributed by atoms with E-state index >= 15 is 0 Å². The molecule has 0 aromatic carbocycles. The van der Waals surface area contributed by atoms with Crippen molar-refractivity contribution in [3.8, 4) is 0 Å². The van der Waals surface area contributed by atoms with E-state index in [-0.39, 0.29) is 0 Å². The average molecular weight is 137 g/mol. The van der Waals surface area contributed by atoms with Crippen LogP contribution < -0.4 is 22.7 Å². The molecule has 54 valence electrons. The lowest BCUT2D eigenvalue weighted by Crippen LogP contribution is -2.66. The molecule has 8 nitrogen and oxygen atoms in total. The molecule has 0 rings (SSSR count). The number of nitrogens with zero attached hydrogens (tertiary/aromatic N) is 1. The van der Waals surface area contributed by atoms with E-state index < -0.39 is 11.1 Å². The molecular formula is CH7N5O3. The Morgan fingerprint density at radius 2 is 2.11 bits per heavy atom. The lowest BCUT2D eigenvalue weighted by molar-refractivity contribution is -0.783. The minimum Gasteiger partial charge on any atom is -0.277 e. The molecule has 0 heterocycles. The molecule has 0 atom stereocenters. The lowest BCUT2D eigenvalue weighted by Gasteiger charge is -2.18. The smallest absolute Gasteiger partial charge is 0.277 e. The molecule has 0 aliphatic rings. The Morgan fingerprint density at radius 1 is 1.67 bits per heavy atom. The third kappa shape index (κ3) is 3.61. The fourth-order valence-corrected chi connectivity index (χ4v) is 0.150. The van der Waals surface area contributed by atoms with Crippen LogP contribution in [0.4, 0.5) is 0 Å². The molecule has 0 spiro atoms. The Hall–Kier alpha value is -0.960. The second kappa shape index (κ2) is 2.55. The van der Waals surface area contributed by atoms with Gasteiger partial charge in [0.2, 0.25) is 0 Å². The molecule has 0 aliphatic carbocycles. The van der Waals surface area contributed by atoms with Gasteiger partial charge < -0.3 is 0 Å². The Bertz CT molecular complexity index is 111. The van der Waals surface area contributed by atoms with Gasteiger partial charge in [0.1, 0.15) is 0 Å². The van der Waals surface area contributed by atoms with Crippen LogP contribution in [0.5, 0.6) is 0 Å². The standard InChI is InChI=1S/CH7N5O3/c2-1(3,5-4)9-6(7)8/h5H,2-4H2. The van der Waals surface area contributed by atoms with E-state index in [0.29, 0.717) is 0 Å². The van der Waals surface area contributed by atoms with Crippen molar-refractivity contribution in [2.45, 2.75) is 5.97 Å². The summed E-state index contributed by atoms with van der Waals surface area (Å²) in [4.78, 5) is 13.1. The summed E-state index contributed by atoms with van der Waals surface area (Å²) in [6.45, 7) is 0. The third-order valence-corrected chi connectivity index (χ3v) is 0.451. The third-order valence-electron chi connectivity index (χ3n) is 0.451. The second-order valence-electron chi connectivity index (χ2n) is 1.25. The van der Waals surface area contributed by atoms with Crippen LogP contribution in [0.25, 0.3) is 0 Å². The van der Waals surface area contributed by atoms with Gasteiger partial charge in [-0.3, -0.25) is 22.1 Å². The first-order valence-electron chi connectivity index (χ1n) is 1.87. The highest BCUT2D eigenvalue weighted by molar-refractivity contribution is 4.49. The molecule has 0 aromatic heterocycles. The lowest BCUT2D eigenvalue weighted by atomic mass is 10.8. The number of nitrogens with one attached hydrogen (secondary N) is 1. The molecule has 0 radical (unpaired) electrons. The van der Waals surface area contributed by atoms with Crippen molar-refractivity contribution in [1.82, 2.24) is 5.43 Å². The van der Waals surface area contributed by atoms with E-state index in [2.05, 4.69) is 10.7 Å². The average Bonchev–Trinajstić information content (AvgIpc) is 1.63. The van der Waals surface area contributed by atoms with Crippen molar-refractivity contribution in [2.24, 2.45) is 17.3 Å². The van der Waals surface area contributed by atoms with Crippen LogP contribution in [0.15, 0.2) is 0 Å². The minimum absolute atomic E-state index is 1.15. The van der Waals surface area contributed by atoms with E-state index in [1.807, 2.05) is 0 Å². The molecule has 7 N–H and O–H groups in total. The van der Waals surface area contributed by atoms with E-state index in [9.17, 15) is 10.1 Å². The highest BCUT2D eigenvalue weighted by atomic mass is 17.0. The molecule has 0 saturated heterocycles. The van der Waals surface area contributed by atoms with Crippen molar-refractivity contribution in [1.29, 1.82) is 0 Å². The van der Waals surface area contributed by atoms with Crippen LogP contribution in [0.3, 0.4) is 0 Å². The summed E-state index contributed by atoms with van der Waals surface area (Å²) < 4.78 is 0. The molecule has 0 saturated carbocycles. The molecule has 8 heteroatoms. The van der Waals surface area contributed by atoms with Crippen molar-refractivity contribution in [3.63, 3.8) is 0 Å². The van der Waals surface area contributed by atoms with Crippen LogP contribution in [-0.2, 0) is 4.84 Å². The van der Waals surface area contributed by atoms with Crippen molar-refractivity contribution >= 4 is 0 Å². The topological polar surface area (TPSA) is 142 Å². The van der Waals surface area contributed by atoms with Gasteiger partial charge in [0.05, 0.1) is 0 Å². The van der Waals surface area contributed by atoms with Gasteiger partial charge in [0, 0.05) is 0 Å². The number of rotatable bonds is 3. The summed E-state index contributed by atoms with van der Waals surface area (Å²) in [5.41, 5.74) is 11.3. The molecule has 9 heavy (non-hydrogen) atoms. The minimum atomic E-state index is -2.11. The summed E-state index contributed by atoms with van der Waals surface area (Å²) in [6, 6.07) is 0. The van der Waals surface area contributed by atoms with Gasteiger partial charge in [-0.25, -0.2) is 5.43 Å². The Labute approximate surface area is 50.0 Å². The Kier molecular flexibility index (Phi) is 2.28. The predicted molar refractivity (Wildman–Crippen MR) is 26.5 cm³/mol. The van der Waals surface area contributed by atoms with E-state index in [1.54, 1.807) is 5.43 Å². The summed E-state index contributed by atoms with van der Waals surface area (Å²) in [5, 5.41) is 8.35. The van der Waals surface area contributed by atoms with Crippen molar-refractivity contribution < 1.29 is 9.92 Å². The zero-order chi connectivity index (χ0) is 7.49. The van der Waals surface area contributed by atoms with Crippen LogP contribution in [0.1, 0.15) is 0 Å². The summed E-state index contributed by atoms with van der Waals surface area (Å²) >= 11 is 0. The van der Waals surface area contributed by atoms with Crippen molar-refractivity contribution in [3.05, 3.63) is 10.1 Å². The van der Waals surface area contributed by atoms with Gasteiger partial charge in [-0.2, -0.15) is 0 Å². The number of hydrazine groups is 1. The van der Waals surface area contributed by atoms with Gasteiger partial charge in [0.25, 0.3) is 11.1 Å². The second-order valence-corrected chi connectivity index (χ2v) is 1.25. The quantitative estimate of drug-likeness (QED) is 0.142. The highest BCUT2D eigenvalue weighted by Gasteiger charge is 2.20. The summed E-state index contributed by atoms with van der Waals surface area (Å²) in [5.74, 6) is 2.52. The van der Waals surface area contributed by atoms with Crippen LogP contribution in [-0.4, -0.2) is 11.1 Å². The summed E-state index contributed by atoms with van der Waals surface area (Å²) in [6.07, 6.45) is 0. The molecule has 0 aliphatic heterocycles. The molecule has 0 bridgehead atoms. The maximum absolute atomic E-state index is 9.50. The monoisotopic (exact) mass is 137 g/mol. The molecular weight excluding hydrogens is 130 g/mol. The molecule has 0 fully saturated rings. The fourth-order valence-electron chi connectivity index (χ4n) is 0.150. The van der Waals surface area contributed by atoms with Gasteiger partial charge in [0.15, 0.2) is 0 Å². The molecule has 0 unspecified atom stereocenters. The summed E-state index contributed by atoms with van der Waals surface area (Å²) in [7, 11) is 0. The normalized spacial score (nSPS) is 11.0. The first-order valence-corrected chi connectivity index (χ1v) is 1.87. The predicted octanol–water partition coefficient (Wildman–Crippen LogP) is -2.81. The maximum atomic E-state index is 9.50. The molecule has 0 aromatic rings. The number of hydrogen-bond donors (Lipinski definition) is 4. The zero-order valence-electron chi connectivity index (χ0n) is 4.40. The first kappa shape index (κ1) is 8.04. The largest absolute Gasteiger partial charge is 0.299 e. The van der Waals surface area contributed by atoms with Gasteiger partial charge in [-0.1, -0.05) is 0 Å². The molecule has 0 amide bonds. The van der Waals surface area contributed by atoms with Crippen LogP contribution in [0, 0.1) is 10.1 Å². The van der Waals surface area contributed by atoms with Gasteiger partial charge in [-0.15, -0.1) is 10.1 Å². The maximum Gasteiger partial charge on any atom is 0.299 e. The first-order chi connectivity index (χ1) is 3.98. The van der Waals surface area contributed by atoms with Crippen molar-refractivity contribution in [2.75, 3.05) is 0 Å². The number of nitrogens with two attached hydrogens (primary N) is 3. The van der Waals surface area contributed by atoms with Gasteiger partial charge >= 0.3 is 0 Å². The fraction of sp³-hybridized carbons (Fsp3) is 1.00. The Morgan fingerprint density at radius 3 is 2.22 bits per heavy atom. The van der Waals surface area contributed by atoms with Gasteiger partial charge in [-0.05, 0) is 0 Å². The highest BCUT2D eigenvalue weighted by Crippen LogP contribution is 1.83. The van der Waals surface area contributed by atoms with E-state index in [1.165, 1.54) is 0 Å².